The molecular weight excluding hydrogens is 507 g/mol. The van der Waals surface area contributed by atoms with Gasteiger partial charge in [-0.15, -0.1) is 0 Å². The van der Waals surface area contributed by atoms with Gasteiger partial charge in [0.15, 0.2) is 5.78 Å². The zero-order valence-corrected chi connectivity index (χ0v) is 21.4. The Morgan fingerprint density at radius 2 is 2.00 bits per heavy atom. The van der Waals surface area contributed by atoms with Crippen LogP contribution in [0, 0.1) is 23.2 Å². The standard InChI is InChI=1S/C25H28Cl2N4O5/c1-25(2)14-9-31(24(36)18-8-13-15(27)6-12(26)7-16(13)29-18)21(20(14)25)23(35)30-17(19(33)10-32)5-11-3-4-28-22(11)34/h6-8,11,14,17,20-21,29,32H,3-5,9-10H2,1-2H3,(H,28,34)(H,30,35). The normalized spacial score (nSPS) is 27.0. The topological polar surface area (TPSA) is 132 Å². The highest BCUT2D eigenvalue weighted by Crippen LogP contribution is 2.65. The summed E-state index contributed by atoms with van der Waals surface area (Å²) < 4.78 is 0. The largest absolute Gasteiger partial charge is 0.389 e. The molecule has 192 valence electrons. The number of hydrogen-bond donors (Lipinski definition) is 4. The maximum atomic E-state index is 13.6. The molecule has 5 unspecified atom stereocenters. The quantitative estimate of drug-likeness (QED) is 0.432. The number of nitrogens with one attached hydrogen (secondary N) is 3. The Bertz CT molecular complexity index is 1270. The molecule has 1 aliphatic carbocycles. The number of carbonyl (C=O) groups excluding carboxylic acids is 4. The van der Waals surface area contributed by atoms with E-state index in [9.17, 15) is 24.3 Å². The number of hydrogen-bond acceptors (Lipinski definition) is 5. The van der Waals surface area contributed by atoms with Gasteiger partial charge < -0.3 is 25.6 Å². The molecule has 0 bridgehead atoms. The maximum absolute atomic E-state index is 13.6. The number of rotatable bonds is 7. The van der Waals surface area contributed by atoms with Gasteiger partial charge in [0.05, 0.1) is 11.1 Å². The number of nitrogens with zero attached hydrogens (tertiary/aromatic N) is 1. The molecule has 2 aliphatic heterocycles. The first-order valence-corrected chi connectivity index (χ1v) is 12.8. The molecular formula is C25H28Cl2N4O5. The summed E-state index contributed by atoms with van der Waals surface area (Å²) in [6.45, 7) is 4.30. The van der Waals surface area contributed by atoms with Gasteiger partial charge in [0.2, 0.25) is 11.8 Å². The average molecular weight is 535 g/mol. The van der Waals surface area contributed by atoms with Crippen LogP contribution in [0.1, 0.15) is 37.2 Å². The third kappa shape index (κ3) is 4.17. The van der Waals surface area contributed by atoms with Gasteiger partial charge in [-0.3, -0.25) is 19.2 Å². The molecule has 1 saturated carbocycles. The number of aromatic amines is 1. The van der Waals surface area contributed by atoms with E-state index in [1.165, 1.54) is 0 Å². The number of carbonyl (C=O) groups is 4. The van der Waals surface area contributed by atoms with Crippen LogP contribution >= 0.6 is 23.2 Å². The molecule has 3 aliphatic rings. The highest BCUT2D eigenvalue weighted by molar-refractivity contribution is 6.38. The van der Waals surface area contributed by atoms with Gasteiger partial charge in [0.25, 0.3) is 5.91 Å². The molecule has 4 N–H and O–H groups in total. The molecule has 1 aromatic carbocycles. The number of halogens is 2. The lowest BCUT2D eigenvalue weighted by atomic mass is 9.95. The van der Waals surface area contributed by atoms with Crippen molar-refractivity contribution in [2.45, 2.75) is 38.8 Å². The van der Waals surface area contributed by atoms with E-state index < -0.39 is 36.3 Å². The van der Waals surface area contributed by atoms with Crippen LogP contribution in [0.25, 0.3) is 10.9 Å². The Labute approximate surface area is 217 Å². The van der Waals surface area contributed by atoms with Crippen LogP contribution in [0.4, 0.5) is 0 Å². The number of fused-ring (bicyclic) bond motifs is 2. The first-order chi connectivity index (χ1) is 17.0. The fourth-order valence-electron chi connectivity index (χ4n) is 6.02. The summed E-state index contributed by atoms with van der Waals surface area (Å²) in [6, 6.07) is 3.13. The summed E-state index contributed by atoms with van der Waals surface area (Å²) in [5.74, 6) is -1.87. The zero-order chi connectivity index (χ0) is 25.9. The number of likely N-dealkylation sites (tertiary alicyclic amines) is 1. The lowest BCUT2D eigenvalue weighted by molar-refractivity contribution is -0.133. The first-order valence-electron chi connectivity index (χ1n) is 12.0. The molecule has 36 heavy (non-hydrogen) atoms. The number of ketones is 1. The van der Waals surface area contributed by atoms with Crippen LogP contribution in [0.3, 0.4) is 0 Å². The number of aliphatic hydroxyl groups is 1. The predicted molar refractivity (Wildman–Crippen MR) is 134 cm³/mol. The predicted octanol–water partition coefficient (Wildman–Crippen LogP) is 2.14. The maximum Gasteiger partial charge on any atom is 0.271 e. The van der Waals surface area contributed by atoms with Gasteiger partial charge in [-0.25, -0.2) is 0 Å². The molecule has 3 fully saturated rings. The Hall–Kier alpha value is -2.62. The van der Waals surface area contributed by atoms with Crippen LogP contribution in [0.5, 0.6) is 0 Å². The summed E-state index contributed by atoms with van der Waals surface area (Å²) in [5, 5.41) is 16.5. The van der Waals surface area contributed by atoms with Gasteiger partial charge in [-0.1, -0.05) is 37.0 Å². The average Bonchev–Trinajstić information content (AvgIpc) is 3.33. The molecule has 1 aromatic heterocycles. The number of amides is 3. The smallest absolute Gasteiger partial charge is 0.271 e. The van der Waals surface area contributed by atoms with Crippen molar-refractivity contribution in [3.63, 3.8) is 0 Å². The second-order valence-corrected chi connectivity index (χ2v) is 11.4. The van der Waals surface area contributed by atoms with Gasteiger partial charge in [-0.2, -0.15) is 0 Å². The molecule has 3 amide bonds. The molecule has 5 atom stereocenters. The number of benzene rings is 1. The van der Waals surface area contributed by atoms with Crippen molar-refractivity contribution in [3.8, 4) is 0 Å². The van der Waals surface area contributed by atoms with Gasteiger partial charge in [-0.05, 0) is 48.3 Å². The third-order valence-electron chi connectivity index (χ3n) is 8.16. The molecule has 11 heteroatoms. The molecule has 2 aromatic rings. The van der Waals surface area contributed by atoms with Crippen molar-refractivity contribution >= 4 is 57.6 Å². The molecule has 3 heterocycles. The lowest BCUT2D eigenvalue weighted by Crippen LogP contribution is -2.54. The van der Waals surface area contributed by atoms with E-state index in [4.69, 9.17) is 23.2 Å². The Morgan fingerprint density at radius 1 is 1.25 bits per heavy atom. The fourth-order valence-corrected chi connectivity index (χ4v) is 6.57. The highest BCUT2D eigenvalue weighted by atomic mass is 35.5. The summed E-state index contributed by atoms with van der Waals surface area (Å²) in [4.78, 5) is 56.3. The molecule has 9 nitrogen and oxygen atoms in total. The van der Waals surface area contributed by atoms with Crippen LogP contribution in [-0.2, 0) is 14.4 Å². The van der Waals surface area contributed by atoms with Crippen LogP contribution in [0.2, 0.25) is 10.0 Å². The van der Waals surface area contributed by atoms with Crippen LogP contribution < -0.4 is 10.6 Å². The highest BCUT2D eigenvalue weighted by Gasteiger charge is 2.69. The first kappa shape index (κ1) is 25.0. The van der Waals surface area contributed by atoms with Crippen molar-refractivity contribution in [1.29, 1.82) is 0 Å². The van der Waals surface area contributed by atoms with E-state index in [0.717, 1.165) is 0 Å². The Kier molecular flexibility index (Phi) is 6.29. The Morgan fingerprint density at radius 3 is 2.67 bits per heavy atom. The molecule has 5 rings (SSSR count). The van der Waals surface area contributed by atoms with Gasteiger partial charge >= 0.3 is 0 Å². The van der Waals surface area contributed by atoms with Crippen molar-refractivity contribution in [2.24, 2.45) is 23.2 Å². The van der Waals surface area contributed by atoms with Gasteiger partial charge in [0.1, 0.15) is 18.3 Å². The van der Waals surface area contributed by atoms with E-state index >= 15 is 0 Å². The molecule has 0 radical (unpaired) electrons. The van der Waals surface area contributed by atoms with E-state index in [1.807, 2.05) is 0 Å². The van der Waals surface area contributed by atoms with E-state index in [2.05, 4.69) is 29.5 Å². The van der Waals surface area contributed by atoms with Crippen molar-refractivity contribution in [2.75, 3.05) is 19.7 Å². The molecule has 0 spiro atoms. The number of piperidine rings is 1. The van der Waals surface area contributed by atoms with Gasteiger partial charge in [0, 0.05) is 34.9 Å². The second-order valence-electron chi connectivity index (χ2n) is 10.6. The van der Waals surface area contributed by atoms with Crippen LogP contribution in [0.15, 0.2) is 18.2 Å². The monoisotopic (exact) mass is 534 g/mol. The fraction of sp³-hybridized carbons (Fsp3) is 0.520. The minimum Gasteiger partial charge on any atom is -0.389 e. The minimum absolute atomic E-state index is 0.0662. The van der Waals surface area contributed by atoms with E-state index in [0.29, 0.717) is 40.5 Å². The van der Waals surface area contributed by atoms with Crippen molar-refractivity contribution < 1.29 is 24.3 Å². The minimum atomic E-state index is -1.01. The SMILES string of the molecule is CC1(C)C2CN(C(=O)c3cc4c(Cl)cc(Cl)cc4[nH]3)C(C(=O)NC(CC3CCNC3=O)C(=O)CO)C21. The zero-order valence-electron chi connectivity index (χ0n) is 19.9. The Balaban J connectivity index is 1.40. The third-order valence-corrected chi connectivity index (χ3v) is 8.70. The van der Waals surface area contributed by atoms with Crippen LogP contribution in [-0.4, -0.2) is 70.3 Å². The summed E-state index contributed by atoms with van der Waals surface area (Å²) >= 11 is 12.4. The number of aliphatic hydroxyl groups excluding tert-OH is 1. The second kappa shape index (κ2) is 9.04. The summed E-state index contributed by atoms with van der Waals surface area (Å²) in [6.07, 6.45) is 0.666. The number of H-pyrrole nitrogens is 1. The van der Waals surface area contributed by atoms with E-state index in [-0.39, 0.29) is 41.2 Å². The van der Waals surface area contributed by atoms with Crippen molar-refractivity contribution in [1.82, 2.24) is 20.5 Å². The number of aromatic nitrogens is 1. The molecule has 2 saturated heterocycles. The summed E-state index contributed by atoms with van der Waals surface area (Å²) in [7, 11) is 0. The van der Waals surface area contributed by atoms with Crippen molar-refractivity contribution in [3.05, 3.63) is 33.9 Å². The van der Waals surface area contributed by atoms with E-state index in [1.54, 1.807) is 23.1 Å². The lowest BCUT2D eigenvalue weighted by Gasteiger charge is -2.31. The summed E-state index contributed by atoms with van der Waals surface area (Å²) in [5.41, 5.74) is 0.777. The number of Topliss-reactive ketones (excluding diaryl/α,β-unsaturated/α-hetero) is 1.